The number of aromatic amines is 1. The van der Waals surface area contributed by atoms with Crippen LogP contribution in [0.1, 0.15) is 187 Å². The molecule has 4 aromatic carbocycles. The quantitative estimate of drug-likeness (QED) is 0.0358. The molecule has 10 N–H and O–H groups in total. The number of fused-ring (bicyclic) bond motifs is 14. The Morgan fingerprint density at radius 3 is 2.45 bits per heavy atom. The summed E-state index contributed by atoms with van der Waals surface area (Å²) in [6, 6.07) is 25.7. The third-order valence-electron chi connectivity index (χ3n) is 26.3. The Bertz CT molecular complexity index is 4060. The average Bonchev–Trinajstić information content (AvgIpc) is 1.49. The molecule has 10 aliphatic carbocycles. The Morgan fingerprint density at radius 2 is 1.59 bits per heavy atom. The molecule has 2 spiro atoms. The van der Waals surface area contributed by atoms with E-state index in [4.69, 9.17) is 16.2 Å². The number of rotatable bonds is 2. The minimum Gasteiger partial charge on any atom is -0.508 e. The first kappa shape index (κ1) is 65.3. The number of nitrogens with two attached hydrogens (primary N) is 2. The van der Waals surface area contributed by atoms with Gasteiger partial charge in [0.1, 0.15) is 5.75 Å². The van der Waals surface area contributed by atoms with E-state index < -0.39 is 28.7 Å². The third kappa shape index (κ3) is 11.7. The van der Waals surface area contributed by atoms with Crippen molar-refractivity contribution in [1.82, 2.24) is 4.98 Å². The maximum absolute atomic E-state index is 14.9. The first-order valence-electron chi connectivity index (χ1n) is 35.8. The van der Waals surface area contributed by atoms with E-state index in [-0.39, 0.29) is 113 Å². The molecule has 502 valence electrons. The van der Waals surface area contributed by atoms with E-state index in [1.165, 1.54) is 48.8 Å². The second-order valence-electron chi connectivity index (χ2n) is 31.0. The minimum atomic E-state index is -1.20. The number of hydrogen-bond donors (Lipinski definition) is 8. The number of aliphatic hydroxyl groups is 3. The molecule has 12 aliphatic rings. The van der Waals surface area contributed by atoms with Gasteiger partial charge in [-0.1, -0.05) is 146 Å². The maximum atomic E-state index is 14.9. The van der Waals surface area contributed by atoms with Gasteiger partial charge in [-0.3, -0.25) is 9.59 Å². The van der Waals surface area contributed by atoms with E-state index in [1.807, 2.05) is 64.1 Å². The van der Waals surface area contributed by atoms with Gasteiger partial charge in [0.05, 0.1) is 42.3 Å². The van der Waals surface area contributed by atoms with E-state index in [0.29, 0.717) is 84.3 Å². The summed E-state index contributed by atoms with van der Waals surface area (Å²) in [6.45, 7) is 0.277. The Kier molecular flexibility index (Phi) is 17.9. The molecule has 16 atom stereocenters. The van der Waals surface area contributed by atoms with Gasteiger partial charge < -0.3 is 46.7 Å². The molecule has 96 heavy (non-hydrogen) atoms. The number of ketones is 2. The standard InChI is InChI=1S/C81H91N3O8S4/c82-77(83)63-35-50-8-6-12-70-60(23-29-84-70)73(89)39-64-61(50)36-54(63)43-93-94-44-56-41-79(27-21-57(86)17-13-47-15-20-72(88)74(32-47)92-30-24-48-14-19-71(87)65(64)31-48)46-81(56,91)75-38-51-9-5-10-52-33-55-16-18-59-62(34-49-7-1-2-11-58(49)66(42-85)67(59)45-95-96-75)53(37-69(51)79)40-80(55,90)68-22-28-78(76(52)68)25-3-4-26-78/h1-2,7,11,14-15,19-21,23,27,29,31-32,35-36,38,52-53,55-56,59,62,64,66-69,75-77,84-85,87-88,90-91H,3-4,9,12-13,16-18,22,24-26,28,30,33-34,37,39-46,82-83H2. The van der Waals surface area contributed by atoms with Crippen LogP contribution < -0.4 is 16.2 Å². The molecular formula is C81H91N3O8S4. The minimum absolute atomic E-state index is 0.0000803. The number of aromatic nitrogens is 1. The highest BCUT2D eigenvalue weighted by atomic mass is 33.1. The van der Waals surface area contributed by atoms with Crippen LogP contribution in [0, 0.1) is 93.7 Å². The molecule has 16 unspecified atom stereocenters. The lowest BCUT2D eigenvalue weighted by atomic mass is 9.50. The van der Waals surface area contributed by atoms with Gasteiger partial charge in [-0.15, -0.1) is 0 Å². The van der Waals surface area contributed by atoms with Crippen molar-refractivity contribution in [2.24, 2.45) is 81.5 Å². The zero-order chi connectivity index (χ0) is 65.7. The second-order valence-corrected chi connectivity index (χ2v) is 36.0. The number of carbonyl (C=O) groups is 2. The van der Waals surface area contributed by atoms with Crippen molar-refractivity contribution >= 4 is 54.7 Å². The van der Waals surface area contributed by atoms with E-state index in [2.05, 4.69) is 71.1 Å². The summed E-state index contributed by atoms with van der Waals surface area (Å²) in [4.78, 5) is 32.8. The van der Waals surface area contributed by atoms with Crippen LogP contribution in [0.5, 0.6) is 17.2 Å². The van der Waals surface area contributed by atoms with Crippen molar-refractivity contribution in [2.75, 3.05) is 24.7 Å². The van der Waals surface area contributed by atoms with Gasteiger partial charge in [-0.05, 0) is 223 Å². The molecule has 19 bridgehead atoms. The van der Waals surface area contributed by atoms with Crippen LogP contribution in [0.2, 0.25) is 0 Å². The third-order valence-corrected chi connectivity index (χ3v) is 31.5. The van der Waals surface area contributed by atoms with Crippen molar-refractivity contribution in [3.05, 3.63) is 170 Å². The fourth-order valence-electron chi connectivity index (χ4n) is 21.8. The van der Waals surface area contributed by atoms with E-state index in [9.17, 15) is 35.1 Å². The van der Waals surface area contributed by atoms with Gasteiger partial charge in [-0.25, -0.2) is 0 Å². The Balaban J connectivity index is 0.827. The number of Topliss-reactive ketones (excluding diaryl/α,β-unsaturated/α-hetero) is 1. The predicted molar refractivity (Wildman–Crippen MR) is 385 cm³/mol. The number of phenols is 2. The molecule has 0 amide bonds. The second kappa shape index (κ2) is 26.3. The summed E-state index contributed by atoms with van der Waals surface area (Å²) in [7, 11) is 7.16. The number of hydrogen-bond acceptors (Lipinski definition) is 14. The highest BCUT2D eigenvalue weighted by Crippen LogP contribution is 2.70. The summed E-state index contributed by atoms with van der Waals surface area (Å²) >= 11 is 0. The molecule has 11 nitrogen and oxygen atoms in total. The highest BCUT2D eigenvalue weighted by Gasteiger charge is 2.66. The lowest BCUT2D eigenvalue weighted by molar-refractivity contribution is -0.162. The van der Waals surface area contributed by atoms with Crippen molar-refractivity contribution in [3.8, 4) is 40.9 Å². The first-order valence-corrected chi connectivity index (χ1v) is 40.7. The van der Waals surface area contributed by atoms with Crippen molar-refractivity contribution < 1.29 is 39.9 Å². The largest absolute Gasteiger partial charge is 0.508 e. The lowest BCUT2D eigenvalue weighted by Crippen LogP contribution is -2.57. The number of aromatic hydroxyl groups is 2. The van der Waals surface area contributed by atoms with Gasteiger partial charge >= 0.3 is 0 Å². The number of benzene rings is 4. The predicted octanol–water partition coefficient (Wildman–Crippen LogP) is 14.4. The monoisotopic (exact) mass is 1360 g/mol. The van der Waals surface area contributed by atoms with Crippen LogP contribution in [0.25, 0.3) is 0 Å². The van der Waals surface area contributed by atoms with Crippen LogP contribution >= 0.6 is 43.2 Å². The number of nitrogens with one attached hydrogen (secondary N) is 1. The number of ether oxygens (including phenoxy) is 1. The number of aryl methyl sites for hydroxylation is 1. The van der Waals surface area contributed by atoms with Crippen molar-refractivity contribution in [3.63, 3.8) is 0 Å². The number of aliphatic hydroxyl groups excluding tert-OH is 1. The first-order chi connectivity index (χ1) is 46.6. The van der Waals surface area contributed by atoms with Gasteiger partial charge in [0.2, 0.25) is 0 Å². The smallest absolute Gasteiger partial charge is 0.165 e. The van der Waals surface area contributed by atoms with Gasteiger partial charge in [0.25, 0.3) is 0 Å². The SMILES string of the molecule is NC(N)c1cc2c3cc1CSSCC1CC4(C=CC(=O)CCc5ccc(O)c(c5)OCCc5ccc(O)c(c5)C3CC(=O)c3cc[nH]c3CC#C2)CC1(O)C1C=C2CC#CC3CC5CCC6C(Cc7ccccc7C(CO)C6CSS1)C(CC24)CC5(O)C1CCC2(CCCC2)C31. The normalized spacial score (nSPS) is 35.3. The van der Waals surface area contributed by atoms with Crippen LogP contribution in [-0.2, 0) is 36.2 Å². The Hall–Kier alpha value is -5.30. The maximum Gasteiger partial charge on any atom is 0.165 e. The molecule has 3 heterocycles. The topological polar surface area (TPSA) is 212 Å². The molecule has 1 aromatic heterocycles. The number of phenolic OH excluding ortho intramolecular Hbond substituents is 2. The Labute approximate surface area is 581 Å². The summed E-state index contributed by atoms with van der Waals surface area (Å²) < 4.78 is 6.36. The molecule has 2 aliphatic heterocycles. The molecule has 17 rings (SSSR count). The fraction of sp³-hybridized carbons (Fsp3) is 0.531. The highest BCUT2D eigenvalue weighted by molar-refractivity contribution is 8.77. The van der Waals surface area contributed by atoms with E-state index in [1.54, 1.807) is 39.9 Å². The van der Waals surface area contributed by atoms with Crippen LogP contribution in [0.4, 0.5) is 0 Å². The molecule has 5 fully saturated rings. The zero-order valence-corrected chi connectivity index (χ0v) is 58.1. The summed E-state index contributed by atoms with van der Waals surface area (Å²) in [6.07, 6.45) is 23.4. The lowest BCUT2D eigenvalue weighted by Gasteiger charge is -2.57. The molecule has 0 saturated heterocycles. The summed E-state index contributed by atoms with van der Waals surface area (Å²) in [5.74, 6) is 18.0. The van der Waals surface area contributed by atoms with Crippen LogP contribution in [-0.4, -0.2) is 83.3 Å². The number of H-pyrrole nitrogens is 1. The van der Waals surface area contributed by atoms with Gasteiger partial charge in [0, 0.05) is 89.3 Å². The van der Waals surface area contributed by atoms with Gasteiger partial charge in [-0.2, -0.15) is 0 Å². The summed E-state index contributed by atoms with van der Waals surface area (Å²) in [5.41, 5.74) is 21.6. The molecular weight excluding hydrogens is 1270 g/mol. The average molecular weight is 1360 g/mol. The molecule has 5 aromatic rings. The van der Waals surface area contributed by atoms with Crippen LogP contribution in [0.3, 0.4) is 0 Å². The van der Waals surface area contributed by atoms with E-state index >= 15 is 0 Å². The molecule has 15 heteroatoms. The zero-order valence-electron chi connectivity index (χ0n) is 54.8. The number of allylic oxidation sites excluding steroid dienone is 3. The number of carbonyl (C=O) groups excluding carboxylic acids is 2. The fourth-order valence-corrected chi connectivity index (χ4v) is 27.7. The molecule has 0 radical (unpaired) electrons. The van der Waals surface area contributed by atoms with E-state index in [0.717, 1.165) is 84.2 Å². The van der Waals surface area contributed by atoms with Crippen LogP contribution in [0.15, 0.2) is 109 Å². The molecule has 5 saturated carbocycles. The Morgan fingerprint density at radius 1 is 0.750 bits per heavy atom. The van der Waals surface area contributed by atoms with Gasteiger partial charge in [0.15, 0.2) is 23.1 Å². The van der Waals surface area contributed by atoms with Crippen molar-refractivity contribution in [1.29, 1.82) is 0 Å². The van der Waals surface area contributed by atoms with Crippen molar-refractivity contribution in [2.45, 2.75) is 169 Å². The summed E-state index contributed by atoms with van der Waals surface area (Å²) in [5, 5.41) is 63.5.